The Labute approximate surface area is 116 Å². The molecule has 1 aliphatic rings. The number of ketones is 1. The molecule has 0 amide bonds. The molecule has 104 valence electrons. The van der Waals surface area contributed by atoms with Gasteiger partial charge >= 0.3 is 0 Å². The lowest BCUT2D eigenvalue weighted by Crippen LogP contribution is -2.43. The molecule has 1 aromatic rings. The summed E-state index contributed by atoms with van der Waals surface area (Å²) in [5.41, 5.74) is 3.76. The molecular formula is C17H25NO. The van der Waals surface area contributed by atoms with E-state index in [0.717, 1.165) is 18.4 Å². The first-order valence-electron chi connectivity index (χ1n) is 7.30. The number of hydrogen-bond donors (Lipinski definition) is 0. The summed E-state index contributed by atoms with van der Waals surface area (Å²) in [5.74, 6) is 0.235. The van der Waals surface area contributed by atoms with Crippen LogP contribution < -0.4 is 0 Å². The standard InChI is InChI=1S/C17H25NO/c1-5-17(2,3)18(4)12-16(19)15-10-9-13-7-6-8-14(13)11-15/h9-11H,5-8,12H2,1-4H3. The predicted octanol–water partition coefficient (Wildman–Crippen LogP) is 3.48. The third kappa shape index (κ3) is 3.06. The van der Waals surface area contributed by atoms with Crippen molar-refractivity contribution in [3.8, 4) is 0 Å². The monoisotopic (exact) mass is 259 g/mol. The number of nitrogens with zero attached hydrogens (tertiary/aromatic N) is 1. The van der Waals surface area contributed by atoms with Gasteiger partial charge < -0.3 is 0 Å². The summed E-state index contributed by atoms with van der Waals surface area (Å²) < 4.78 is 0. The lowest BCUT2D eigenvalue weighted by atomic mass is 9.98. The molecule has 1 aromatic carbocycles. The third-order valence-electron chi connectivity index (χ3n) is 4.70. The Balaban J connectivity index is 2.08. The Bertz CT molecular complexity index is 476. The molecule has 0 atom stereocenters. The zero-order valence-corrected chi connectivity index (χ0v) is 12.6. The number of carbonyl (C=O) groups is 1. The Morgan fingerprint density at radius 2 is 1.95 bits per heavy atom. The number of likely N-dealkylation sites (N-methyl/N-ethyl adjacent to an activating group) is 1. The van der Waals surface area contributed by atoms with E-state index >= 15 is 0 Å². The first-order valence-corrected chi connectivity index (χ1v) is 7.30. The average molecular weight is 259 g/mol. The number of hydrogen-bond acceptors (Lipinski definition) is 2. The summed E-state index contributed by atoms with van der Waals surface area (Å²) >= 11 is 0. The van der Waals surface area contributed by atoms with Gasteiger partial charge in [-0.05, 0) is 63.8 Å². The lowest BCUT2D eigenvalue weighted by molar-refractivity contribution is 0.0847. The summed E-state index contributed by atoms with van der Waals surface area (Å²) in [7, 11) is 2.04. The van der Waals surface area contributed by atoms with E-state index in [9.17, 15) is 4.79 Å². The van der Waals surface area contributed by atoms with Crippen molar-refractivity contribution in [1.29, 1.82) is 0 Å². The van der Waals surface area contributed by atoms with E-state index in [1.54, 1.807) is 0 Å². The highest BCUT2D eigenvalue weighted by Gasteiger charge is 2.23. The summed E-state index contributed by atoms with van der Waals surface area (Å²) in [6.07, 6.45) is 4.58. The molecule has 0 saturated carbocycles. The van der Waals surface area contributed by atoms with Gasteiger partial charge in [0.15, 0.2) is 5.78 Å². The van der Waals surface area contributed by atoms with Crippen LogP contribution in [-0.2, 0) is 12.8 Å². The molecule has 0 N–H and O–H groups in total. The SMILES string of the molecule is CCC(C)(C)N(C)CC(=O)c1ccc2c(c1)CCC2. The summed E-state index contributed by atoms with van der Waals surface area (Å²) in [6.45, 7) is 7.03. The normalized spacial score (nSPS) is 14.8. The number of rotatable bonds is 5. The van der Waals surface area contributed by atoms with Crippen LogP contribution in [0.4, 0.5) is 0 Å². The van der Waals surface area contributed by atoms with Gasteiger partial charge in [0.1, 0.15) is 0 Å². The molecule has 0 bridgehead atoms. The molecule has 0 radical (unpaired) electrons. The Morgan fingerprint density at radius 3 is 2.63 bits per heavy atom. The predicted molar refractivity (Wildman–Crippen MR) is 79.8 cm³/mol. The molecule has 0 heterocycles. The van der Waals surface area contributed by atoms with E-state index in [1.165, 1.54) is 24.0 Å². The number of fused-ring (bicyclic) bond motifs is 1. The van der Waals surface area contributed by atoms with Crippen LogP contribution in [-0.4, -0.2) is 29.8 Å². The number of carbonyl (C=O) groups excluding carboxylic acids is 1. The largest absolute Gasteiger partial charge is 0.294 e. The van der Waals surface area contributed by atoms with Crippen LogP contribution in [0, 0.1) is 0 Å². The molecule has 2 rings (SSSR count). The fourth-order valence-corrected chi connectivity index (χ4v) is 2.54. The van der Waals surface area contributed by atoms with Crippen molar-refractivity contribution in [2.24, 2.45) is 0 Å². The van der Waals surface area contributed by atoms with Gasteiger partial charge in [-0.3, -0.25) is 9.69 Å². The maximum atomic E-state index is 12.4. The van der Waals surface area contributed by atoms with Crippen LogP contribution in [0.3, 0.4) is 0 Å². The van der Waals surface area contributed by atoms with Gasteiger partial charge in [0, 0.05) is 11.1 Å². The van der Waals surface area contributed by atoms with Crippen molar-refractivity contribution in [2.45, 2.75) is 52.0 Å². The highest BCUT2D eigenvalue weighted by atomic mass is 16.1. The van der Waals surface area contributed by atoms with Gasteiger partial charge in [-0.2, -0.15) is 0 Å². The minimum absolute atomic E-state index is 0.0758. The van der Waals surface area contributed by atoms with Gasteiger partial charge in [-0.15, -0.1) is 0 Å². The Morgan fingerprint density at radius 1 is 1.26 bits per heavy atom. The van der Waals surface area contributed by atoms with E-state index in [1.807, 2.05) is 13.1 Å². The molecule has 1 aliphatic carbocycles. The average Bonchev–Trinajstić information content (AvgIpc) is 2.85. The molecule has 0 aromatic heterocycles. The van der Waals surface area contributed by atoms with Crippen molar-refractivity contribution < 1.29 is 4.79 Å². The van der Waals surface area contributed by atoms with Crippen LogP contribution in [0.5, 0.6) is 0 Å². The number of aryl methyl sites for hydroxylation is 2. The summed E-state index contributed by atoms with van der Waals surface area (Å²) in [6, 6.07) is 6.25. The van der Waals surface area contributed by atoms with Crippen molar-refractivity contribution in [2.75, 3.05) is 13.6 Å². The van der Waals surface area contributed by atoms with Crippen LogP contribution >= 0.6 is 0 Å². The Kier molecular flexibility index (Phi) is 4.10. The minimum atomic E-state index is 0.0758. The van der Waals surface area contributed by atoms with Crippen molar-refractivity contribution >= 4 is 5.78 Å². The maximum absolute atomic E-state index is 12.4. The quantitative estimate of drug-likeness (QED) is 0.755. The van der Waals surface area contributed by atoms with Crippen molar-refractivity contribution in [1.82, 2.24) is 4.90 Å². The molecular weight excluding hydrogens is 234 g/mol. The first kappa shape index (κ1) is 14.3. The third-order valence-corrected chi connectivity index (χ3v) is 4.70. The number of Topliss-reactive ketones (excluding diaryl/α,β-unsaturated/α-hetero) is 1. The fourth-order valence-electron chi connectivity index (χ4n) is 2.54. The van der Waals surface area contributed by atoms with Gasteiger partial charge in [0.05, 0.1) is 6.54 Å². The second-order valence-corrected chi connectivity index (χ2v) is 6.28. The second kappa shape index (κ2) is 5.46. The van der Waals surface area contributed by atoms with Gasteiger partial charge in [-0.1, -0.05) is 19.1 Å². The molecule has 0 saturated heterocycles. The van der Waals surface area contributed by atoms with Crippen molar-refractivity contribution in [3.05, 3.63) is 34.9 Å². The van der Waals surface area contributed by atoms with E-state index in [0.29, 0.717) is 6.54 Å². The molecule has 0 unspecified atom stereocenters. The summed E-state index contributed by atoms with van der Waals surface area (Å²) in [5, 5.41) is 0. The fraction of sp³-hybridized carbons (Fsp3) is 0.588. The number of benzene rings is 1. The van der Waals surface area contributed by atoms with Gasteiger partial charge in [-0.25, -0.2) is 0 Å². The van der Waals surface area contributed by atoms with Crippen LogP contribution in [0.25, 0.3) is 0 Å². The molecule has 19 heavy (non-hydrogen) atoms. The molecule has 2 nitrogen and oxygen atoms in total. The Hall–Kier alpha value is -1.15. The molecule has 2 heteroatoms. The van der Waals surface area contributed by atoms with E-state index < -0.39 is 0 Å². The van der Waals surface area contributed by atoms with Gasteiger partial charge in [0.25, 0.3) is 0 Å². The minimum Gasteiger partial charge on any atom is -0.294 e. The first-order chi connectivity index (χ1) is 8.94. The van der Waals surface area contributed by atoms with Gasteiger partial charge in [0.2, 0.25) is 0 Å². The van der Waals surface area contributed by atoms with Crippen molar-refractivity contribution in [3.63, 3.8) is 0 Å². The topological polar surface area (TPSA) is 20.3 Å². The molecule has 0 spiro atoms. The van der Waals surface area contributed by atoms with Crippen LogP contribution in [0.15, 0.2) is 18.2 Å². The summed E-state index contributed by atoms with van der Waals surface area (Å²) in [4.78, 5) is 14.5. The maximum Gasteiger partial charge on any atom is 0.176 e. The van der Waals surface area contributed by atoms with E-state index in [2.05, 4.69) is 37.8 Å². The molecule has 0 fully saturated rings. The highest BCUT2D eigenvalue weighted by molar-refractivity contribution is 5.97. The zero-order valence-electron chi connectivity index (χ0n) is 12.6. The van der Waals surface area contributed by atoms with E-state index in [-0.39, 0.29) is 11.3 Å². The molecule has 0 aliphatic heterocycles. The zero-order chi connectivity index (χ0) is 14.0. The highest BCUT2D eigenvalue weighted by Crippen LogP contribution is 2.23. The second-order valence-electron chi connectivity index (χ2n) is 6.28. The lowest BCUT2D eigenvalue weighted by Gasteiger charge is -2.34. The van der Waals surface area contributed by atoms with Crippen LogP contribution in [0.2, 0.25) is 0 Å². The van der Waals surface area contributed by atoms with Crippen LogP contribution in [0.1, 0.15) is 55.1 Å². The smallest absolute Gasteiger partial charge is 0.176 e. The van der Waals surface area contributed by atoms with E-state index in [4.69, 9.17) is 0 Å².